The molecule has 2 aliphatic carbocycles. The molecule has 6 aromatic rings. The van der Waals surface area contributed by atoms with Gasteiger partial charge in [0.15, 0.2) is 40.8 Å². The molecule has 15 nitrogen and oxygen atoms in total. The average Bonchev–Trinajstić information content (AvgIpc) is 3.64. The molecule has 0 atom stereocenters. The van der Waals surface area contributed by atoms with Gasteiger partial charge in [-0.3, -0.25) is 19.4 Å². The molecule has 0 saturated heterocycles. The minimum Gasteiger partial charge on any atom is -0.507 e. The quantitative estimate of drug-likeness (QED) is 0.0386. The molecule has 10 rings (SSSR count). The number of hydrogen-bond donors (Lipinski definition) is 10. The fourth-order valence-electron chi connectivity index (χ4n) is 12.1. The van der Waals surface area contributed by atoms with Crippen LogP contribution in [0.25, 0.3) is 99.4 Å². The Morgan fingerprint density at radius 2 is 0.747 bits per heavy atom. The minimum atomic E-state index is -0.902. The second-order valence-electron chi connectivity index (χ2n) is 21.2. The number of nitrogens with one attached hydrogen (secondary N) is 2. The van der Waals surface area contributed by atoms with Gasteiger partial charge in [0.25, 0.3) is 0 Å². The topological polar surface area (TPSA) is 279 Å². The van der Waals surface area contributed by atoms with Gasteiger partial charge in [-0.15, -0.1) is 0 Å². The summed E-state index contributed by atoms with van der Waals surface area (Å²) in [7, 11) is 0. The molecule has 2 bridgehead atoms. The third-order valence-corrected chi connectivity index (χ3v) is 15.2. The molecule has 10 N–H and O–H groups in total. The van der Waals surface area contributed by atoms with Crippen molar-refractivity contribution in [2.24, 2.45) is 0 Å². The highest BCUT2D eigenvalue weighted by Gasteiger charge is 2.36. The number of H-pyrrole nitrogens is 1. The van der Waals surface area contributed by atoms with Crippen LogP contribution in [0.3, 0.4) is 0 Å². The number of hydrogen-bond acceptors (Lipinski definition) is 14. The summed E-state index contributed by atoms with van der Waals surface area (Å²) in [5.41, 5.74) is 0.0959. The zero-order valence-corrected chi connectivity index (χ0v) is 43.4. The van der Waals surface area contributed by atoms with Crippen LogP contribution < -0.4 is 10.9 Å². The molecule has 2 heterocycles. The van der Waals surface area contributed by atoms with E-state index in [1.165, 1.54) is 0 Å². The zero-order chi connectivity index (χ0) is 54.6. The number of aldehydes is 1. The van der Waals surface area contributed by atoms with Crippen molar-refractivity contribution in [3.63, 3.8) is 0 Å². The van der Waals surface area contributed by atoms with Crippen LogP contribution >= 0.6 is 0 Å². The monoisotopic (exact) mass is 1010 g/mol. The van der Waals surface area contributed by atoms with E-state index < -0.39 is 68.7 Å². The standard InChI is InChI=1S/C60H56N2O13/c1-19(2)33-27-13-23(9)37(49(66)41(27)31(17-61)47(64)51(33)68)39-25(11)15-29-35(21(5)6)53(70)55(72)45-43(29)57(39)74-59-46-44-30(36(22(7)8)54(71)56(46)73)16-26(12)40(58(44)75-60(45)62-59)38-24(10)14-28-34(20(3)4)52(69)48(65)32(18-63)42(28)50(38)67/h13-22,61-62,64-71H,1-12H3. The van der Waals surface area contributed by atoms with Crippen molar-refractivity contribution in [1.29, 1.82) is 5.41 Å². The highest BCUT2D eigenvalue weighted by atomic mass is 16.4. The van der Waals surface area contributed by atoms with Crippen molar-refractivity contribution in [1.82, 2.24) is 4.98 Å². The van der Waals surface area contributed by atoms with Crippen molar-refractivity contribution >= 4 is 67.4 Å². The molecule has 2 aliphatic heterocycles. The number of fused-ring (bicyclic) bond motifs is 6. The first-order valence-electron chi connectivity index (χ1n) is 24.7. The number of aromatic nitrogens is 1. The van der Waals surface area contributed by atoms with E-state index >= 15 is 9.59 Å². The van der Waals surface area contributed by atoms with Crippen LogP contribution in [0.5, 0.6) is 46.0 Å². The Hall–Kier alpha value is -8.72. The summed E-state index contributed by atoms with van der Waals surface area (Å²) in [6, 6.07) is 6.86. The van der Waals surface area contributed by atoms with Crippen LogP contribution in [-0.2, 0) is 0 Å². The van der Waals surface area contributed by atoms with E-state index in [0.29, 0.717) is 55.6 Å². The number of phenols is 8. The number of rotatable bonds is 8. The first-order chi connectivity index (χ1) is 35.3. The molecule has 0 amide bonds. The number of aromatic amines is 1. The lowest BCUT2D eigenvalue weighted by Crippen LogP contribution is -2.12. The van der Waals surface area contributed by atoms with Crippen LogP contribution in [-0.4, -0.2) is 58.3 Å². The summed E-state index contributed by atoms with van der Waals surface area (Å²) in [6.07, 6.45) is 1.17. The SMILES string of the molecule is Cc1cc2c(C(C)C)c(O)c(O)c(C=N)c2c(O)c1-c1c(C)cc2c(C(C)C)c(O)c(=O)c3c4[nH]c(oc1c2-3)c1c(=O)c(O)c(C(C)C)c2cc(C)c(-c3c(C)cc5c(C(C)C)c(O)c(O)c(C=O)c5c3O)c(o4)c2-1. The molecule has 15 heteroatoms. The average molecular weight is 1010 g/mol. The lowest BCUT2D eigenvalue weighted by Gasteiger charge is -2.24. The Kier molecular flexibility index (Phi) is 11.2. The third kappa shape index (κ3) is 6.58. The van der Waals surface area contributed by atoms with Crippen molar-refractivity contribution in [3.05, 3.63) is 100 Å². The van der Waals surface area contributed by atoms with E-state index in [4.69, 9.17) is 14.2 Å². The predicted molar refractivity (Wildman–Crippen MR) is 291 cm³/mol. The van der Waals surface area contributed by atoms with E-state index in [2.05, 4.69) is 4.98 Å². The van der Waals surface area contributed by atoms with Gasteiger partial charge < -0.3 is 55.1 Å². The largest absolute Gasteiger partial charge is 0.507 e. The van der Waals surface area contributed by atoms with Crippen molar-refractivity contribution < 1.29 is 54.5 Å². The second kappa shape index (κ2) is 16.9. The smallest absolute Gasteiger partial charge is 0.233 e. The Labute approximate surface area is 428 Å². The van der Waals surface area contributed by atoms with Crippen molar-refractivity contribution in [2.45, 2.75) is 107 Å². The highest BCUT2D eigenvalue weighted by Crippen LogP contribution is 2.56. The van der Waals surface area contributed by atoms with Crippen LogP contribution in [0.1, 0.15) is 139 Å². The summed E-state index contributed by atoms with van der Waals surface area (Å²) in [5, 5.41) is 104. The van der Waals surface area contributed by atoms with Gasteiger partial charge in [-0.25, -0.2) is 0 Å². The van der Waals surface area contributed by atoms with E-state index in [9.17, 15) is 45.6 Å². The molecule has 0 aromatic heterocycles. The van der Waals surface area contributed by atoms with E-state index in [0.717, 1.165) is 6.21 Å². The maximum atomic E-state index is 15.3. The number of aromatic hydroxyl groups is 8. The predicted octanol–water partition coefficient (Wildman–Crippen LogP) is 13.4. The summed E-state index contributed by atoms with van der Waals surface area (Å²) < 4.78 is 14.2. The molecule has 0 fully saturated rings. The van der Waals surface area contributed by atoms with Gasteiger partial charge in [0.2, 0.25) is 22.3 Å². The lowest BCUT2D eigenvalue weighted by atomic mass is 9.82. The van der Waals surface area contributed by atoms with Crippen LogP contribution in [0.4, 0.5) is 0 Å². The summed E-state index contributed by atoms with van der Waals surface area (Å²) in [6.45, 7) is 21.3. The molecule has 75 heavy (non-hydrogen) atoms. The third-order valence-electron chi connectivity index (χ3n) is 15.2. The number of carbonyl (C=O) groups is 1. The van der Waals surface area contributed by atoms with Crippen molar-refractivity contribution in [2.75, 3.05) is 0 Å². The molecule has 4 aliphatic rings. The number of benzene rings is 8. The molecule has 0 unspecified atom stereocenters. The Morgan fingerprint density at radius 1 is 0.427 bits per heavy atom. The first-order valence-corrected chi connectivity index (χ1v) is 24.7. The van der Waals surface area contributed by atoms with Gasteiger partial charge in [0.05, 0.1) is 16.7 Å². The zero-order valence-electron chi connectivity index (χ0n) is 43.4. The van der Waals surface area contributed by atoms with Gasteiger partial charge in [-0.1, -0.05) is 79.7 Å². The number of phenolic OH excluding ortho intramolecular Hbond substituents is 8. The summed E-state index contributed by atoms with van der Waals surface area (Å²) >= 11 is 0. The summed E-state index contributed by atoms with van der Waals surface area (Å²) in [4.78, 5) is 46.4. The Morgan fingerprint density at radius 3 is 1.09 bits per heavy atom. The van der Waals surface area contributed by atoms with Gasteiger partial charge in [-0.2, -0.15) is 0 Å². The van der Waals surface area contributed by atoms with E-state index in [1.54, 1.807) is 93.5 Å². The normalized spacial score (nSPS) is 12.3. The number of aryl methyl sites for hydroxylation is 4. The summed E-state index contributed by atoms with van der Waals surface area (Å²) in [5.74, 6) is -6.02. The molecular formula is C60H56N2O13. The molecular weight excluding hydrogens is 957 g/mol. The molecule has 6 aromatic carbocycles. The fraction of sp³-hybridized carbons (Fsp3) is 0.267. The maximum absolute atomic E-state index is 15.3. The van der Waals surface area contributed by atoms with Crippen LogP contribution in [0.2, 0.25) is 0 Å². The maximum Gasteiger partial charge on any atom is 0.233 e. The minimum absolute atomic E-state index is 0.0526. The van der Waals surface area contributed by atoms with Gasteiger partial charge >= 0.3 is 0 Å². The molecule has 384 valence electrons. The van der Waals surface area contributed by atoms with E-state index in [-0.39, 0.29) is 118 Å². The Bertz CT molecular complexity index is 4030. The van der Waals surface area contributed by atoms with Gasteiger partial charge in [0, 0.05) is 78.2 Å². The first kappa shape index (κ1) is 49.8. The van der Waals surface area contributed by atoms with Crippen molar-refractivity contribution in [3.8, 4) is 90.5 Å². The van der Waals surface area contributed by atoms with Gasteiger partial charge in [-0.05, 0) is 95.2 Å². The molecule has 0 spiro atoms. The van der Waals surface area contributed by atoms with Crippen LogP contribution in [0, 0.1) is 33.1 Å². The van der Waals surface area contributed by atoms with Gasteiger partial charge in [0.1, 0.15) is 22.7 Å². The second-order valence-corrected chi connectivity index (χ2v) is 21.2. The van der Waals surface area contributed by atoms with Crippen LogP contribution in [0.15, 0.2) is 42.7 Å². The van der Waals surface area contributed by atoms with E-state index in [1.807, 2.05) is 13.8 Å². The lowest BCUT2D eigenvalue weighted by molar-refractivity contribution is 0.112. The highest BCUT2D eigenvalue weighted by molar-refractivity contribution is 6.17. The molecule has 0 saturated carbocycles. The fourth-order valence-corrected chi connectivity index (χ4v) is 12.1. The number of carbonyl (C=O) groups excluding carboxylic acids is 1. The Balaban J connectivity index is 1.49. The molecule has 0 radical (unpaired) electrons.